The fourth-order valence-electron chi connectivity index (χ4n) is 4.53. The molecule has 1 aliphatic carbocycles. The number of aryl methyl sites for hydroxylation is 1. The molecule has 7 heteroatoms. The summed E-state index contributed by atoms with van der Waals surface area (Å²) in [6.07, 6.45) is 5.51. The van der Waals surface area contributed by atoms with E-state index in [2.05, 4.69) is 5.32 Å². The monoisotopic (exact) mass is 425 g/mol. The zero-order valence-electron chi connectivity index (χ0n) is 18.5. The molecule has 166 valence electrons. The molecule has 2 aliphatic rings. The normalized spacial score (nSPS) is 21.1. The third kappa shape index (κ3) is 4.86. The number of amides is 4. The number of carbonyl (C=O) groups excluding carboxylic acids is 4. The summed E-state index contributed by atoms with van der Waals surface area (Å²) in [6, 6.07) is 7.20. The number of likely N-dealkylation sites (N-methyl/N-ethyl adjacent to an activating group) is 1. The van der Waals surface area contributed by atoms with Crippen LogP contribution >= 0.6 is 0 Å². The molecule has 1 heterocycles. The summed E-state index contributed by atoms with van der Waals surface area (Å²) in [6.45, 7) is 4.19. The predicted octanol–water partition coefficient (Wildman–Crippen LogP) is 2.19. The van der Waals surface area contributed by atoms with Crippen LogP contribution in [0.25, 0.3) is 0 Å². The van der Waals surface area contributed by atoms with Gasteiger partial charge in [0.1, 0.15) is 6.04 Å². The van der Waals surface area contributed by atoms with E-state index < -0.39 is 6.04 Å². The third-order valence-corrected chi connectivity index (χ3v) is 6.22. The first-order chi connectivity index (χ1) is 14.9. The third-order valence-electron chi connectivity index (χ3n) is 6.22. The van der Waals surface area contributed by atoms with Gasteiger partial charge >= 0.3 is 0 Å². The maximum absolute atomic E-state index is 13.2. The Balaban J connectivity index is 1.74. The molecule has 7 nitrogen and oxygen atoms in total. The van der Waals surface area contributed by atoms with Gasteiger partial charge in [-0.05, 0) is 31.7 Å². The molecule has 0 spiro atoms. The van der Waals surface area contributed by atoms with Crippen LogP contribution in [0.5, 0.6) is 0 Å². The van der Waals surface area contributed by atoms with Crippen molar-refractivity contribution in [3.8, 4) is 0 Å². The molecule has 31 heavy (non-hydrogen) atoms. The molecule has 3 atom stereocenters. The van der Waals surface area contributed by atoms with Gasteiger partial charge in [0.25, 0.3) is 0 Å². The number of benzene rings is 1. The van der Waals surface area contributed by atoms with Crippen LogP contribution in [0.15, 0.2) is 36.4 Å². The maximum atomic E-state index is 13.2. The molecule has 0 bridgehead atoms. The number of carbonyl (C=O) groups is 4. The fraction of sp³-hybridized carbons (Fsp3) is 0.500. The van der Waals surface area contributed by atoms with E-state index in [0.29, 0.717) is 25.8 Å². The van der Waals surface area contributed by atoms with Crippen molar-refractivity contribution in [1.82, 2.24) is 15.1 Å². The van der Waals surface area contributed by atoms with Crippen LogP contribution < -0.4 is 5.32 Å². The van der Waals surface area contributed by atoms with Crippen molar-refractivity contribution in [2.24, 2.45) is 11.8 Å². The Morgan fingerprint density at radius 1 is 1.16 bits per heavy atom. The first kappa shape index (κ1) is 22.7. The number of rotatable bonds is 8. The lowest BCUT2D eigenvalue weighted by atomic mass is 9.85. The summed E-state index contributed by atoms with van der Waals surface area (Å²) in [7, 11) is 1.55. The van der Waals surface area contributed by atoms with E-state index in [4.69, 9.17) is 0 Å². The van der Waals surface area contributed by atoms with Crippen molar-refractivity contribution in [2.45, 2.75) is 52.1 Å². The Bertz CT molecular complexity index is 869. The molecule has 1 saturated heterocycles. The molecule has 3 rings (SSSR count). The minimum atomic E-state index is -0.616. The second-order valence-electron chi connectivity index (χ2n) is 8.28. The molecule has 4 amide bonds. The lowest BCUT2D eigenvalue weighted by molar-refractivity contribution is -0.144. The summed E-state index contributed by atoms with van der Waals surface area (Å²) in [5.41, 5.74) is 2.00. The molecule has 1 aromatic rings. The topological polar surface area (TPSA) is 86.8 Å². The van der Waals surface area contributed by atoms with Gasteiger partial charge in [-0.25, -0.2) is 0 Å². The molecular formula is C24H31N3O4. The Morgan fingerprint density at radius 2 is 1.81 bits per heavy atom. The van der Waals surface area contributed by atoms with Crippen molar-refractivity contribution >= 4 is 23.6 Å². The van der Waals surface area contributed by atoms with Gasteiger partial charge < -0.3 is 10.2 Å². The van der Waals surface area contributed by atoms with E-state index in [1.807, 2.05) is 50.3 Å². The number of imide groups is 1. The van der Waals surface area contributed by atoms with Crippen molar-refractivity contribution in [1.29, 1.82) is 0 Å². The summed E-state index contributed by atoms with van der Waals surface area (Å²) >= 11 is 0. The predicted molar refractivity (Wildman–Crippen MR) is 117 cm³/mol. The highest BCUT2D eigenvalue weighted by Gasteiger charge is 2.47. The second kappa shape index (κ2) is 9.90. The SMILES string of the molecule is CC[C@@H](C(=O)NC)N(Cc1cccc(C)c1)C(=O)CCN1C(=O)[C@H]2CC=CC[C@H]2C1=O. The number of nitrogens with one attached hydrogen (secondary N) is 1. The van der Waals surface area contributed by atoms with Crippen LogP contribution in [0.2, 0.25) is 0 Å². The number of likely N-dealkylation sites (tertiary alicyclic amines) is 1. The van der Waals surface area contributed by atoms with Gasteiger partial charge in [0, 0.05) is 26.6 Å². The summed E-state index contributed by atoms with van der Waals surface area (Å²) in [4.78, 5) is 53.9. The molecule has 1 N–H and O–H groups in total. The largest absolute Gasteiger partial charge is 0.357 e. The molecule has 0 saturated carbocycles. The van der Waals surface area contributed by atoms with E-state index in [9.17, 15) is 19.2 Å². The Morgan fingerprint density at radius 3 is 2.35 bits per heavy atom. The van der Waals surface area contributed by atoms with Crippen LogP contribution in [0, 0.1) is 18.8 Å². The minimum Gasteiger partial charge on any atom is -0.357 e. The summed E-state index contributed by atoms with van der Waals surface area (Å²) in [5.74, 6) is -1.44. The van der Waals surface area contributed by atoms with E-state index in [1.165, 1.54) is 4.90 Å². The number of fused-ring (bicyclic) bond motifs is 1. The van der Waals surface area contributed by atoms with Gasteiger partial charge in [-0.2, -0.15) is 0 Å². The highest BCUT2D eigenvalue weighted by molar-refractivity contribution is 6.05. The molecule has 0 aromatic heterocycles. The van der Waals surface area contributed by atoms with Gasteiger partial charge in [0.05, 0.1) is 11.8 Å². The van der Waals surface area contributed by atoms with Gasteiger partial charge in [-0.3, -0.25) is 24.1 Å². The Kier molecular flexibility index (Phi) is 7.25. The molecule has 0 radical (unpaired) electrons. The highest BCUT2D eigenvalue weighted by atomic mass is 16.2. The lowest BCUT2D eigenvalue weighted by Crippen LogP contribution is -2.49. The number of allylic oxidation sites excluding steroid dienone is 2. The minimum absolute atomic E-state index is 0.00363. The quantitative estimate of drug-likeness (QED) is 0.511. The van der Waals surface area contributed by atoms with Gasteiger partial charge in [0.2, 0.25) is 23.6 Å². The van der Waals surface area contributed by atoms with Crippen LogP contribution in [-0.2, 0) is 25.7 Å². The standard InChI is InChI=1S/C24H31N3O4/c1-4-20(22(29)25-3)27(15-17-9-7-8-16(2)14-17)21(28)12-13-26-23(30)18-10-5-6-11-19(18)24(26)31/h5-9,14,18-20H,4,10-13,15H2,1-3H3,(H,25,29)/t18-,19+,20-/m0/s1. The average Bonchev–Trinajstić information content (AvgIpc) is 3.01. The van der Waals surface area contributed by atoms with Crippen molar-refractivity contribution in [3.63, 3.8) is 0 Å². The zero-order chi connectivity index (χ0) is 22.5. The van der Waals surface area contributed by atoms with Gasteiger partial charge in [-0.1, -0.05) is 48.9 Å². The zero-order valence-corrected chi connectivity index (χ0v) is 18.5. The molecule has 1 fully saturated rings. The van der Waals surface area contributed by atoms with Crippen LogP contribution in [0.1, 0.15) is 43.7 Å². The smallest absolute Gasteiger partial charge is 0.242 e. The molecule has 1 aliphatic heterocycles. The number of hydrogen-bond acceptors (Lipinski definition) is 4. The first-order valence-corrected chi connectivity index (χ1v) is 10.9. The average molecular weight is 426 g/mol. The van der Waals surface area contributed by atoms with Crippen molar-refractivity contribution in [2.75, 3.05) is 13.6 Å². The lowest BCUT2D eigenvalue weighted by Gasteiger charge is -2.31. The summed E-state index contributed by atoms with van der Waals surface area (Å²) in [5, 5.41) is 2.64. The van der Waals surface area contributed by atoms with Crippen molar-refractivity contribution < 1.29 is 19.2 Å². The van der Waals surface area contributed by atoms with E-state index in [1.54, 1.807) is 11.9 Å². The Labute approximate surface area is 183 Å². The van der Waals surface area contributed by atoms with E-state index in [0.717, 1.165) is 11.1 Å². The van der Waals surface area contributed by atoms with Gasteiger partial charge in [0.15, 0.2) is 0 Å². The first-order valence-electron chi connectivity index (χ1n) is 10.9. The number of nitrogens with zero attached hydrogens (tertiary/aromatic N) is 2. The van der Waals surface area contributed by atoms with Crippen molar-refractivity contribution in [3.05, 3.63) is 47.5 Å². The van der Waals surface area contributed by atoms with E-state index in [-0.39, 0.29) is 48.4 Å². The number of hydrogen-bond donors (Lipinski definition) is 1. The van der Waals surface area contributed by atoms with Crippen LogP contribution in [-0.4, -0.2) is 53.1 Å². The maximum Gasteiger partial charge on any atom is 0.242 e. The summed E-state index contributed by atoms with van der Waals surface area (Å²) < 4.78 is 0. The molecular weight excluding hydrogens is 394 g/mol. The second-order valence-corrected chi connectivity index (χ2v) is 8.28. The fourth-order valence-corrected chi connectivity index (χ4v) is 4.53. The molecule has 0 unspecified atom stereocenters. The highest BCUT2D eigenvalue weighted by Crippen LogP contribution is 2.35. The molecule has 1 aromatic carbocycles. The van der Waals surface area contributed by atoms with E-state index >= 15 is 0 Å². The Hall–Kier alpha value is -2.96. The van der Waals surface area contributed by atoms with Crippen LogP contribution in [0.3, 0.4) is 0 Å². The van der Waals surface area contributed by atoms with Crippen LogP contribution in [0.4, 0.5) is 0 Å². The van der Waals surface area contributed by atoms with Gasteiger partial charge in [-0.15, -0.1) is 0 Å².